The molecule has 2 N–H and O–H groups in total. The second kappa shape index (κ2) is 6.93. The topological polar surface area (TPSA) is 75.4 Å². The molecule has 0 saturated carbocycles. The quantitative estimate of drug-likeness (QED) is 0.884. The lowest BCUT2D eigenvalue weighted by Crippen LogP contribution is -2.29. The number of aromatic nitrogens is 1. The van der Waals surface area contributed by atoms with Crippen LogP contribution in [0.15, 0.2) is 29.0 Å². The van der Waals surface area contributed by atoms with Gasteiger partial charge in [-0.15, -0.1) is 0 Å². The van der Waals surface area contributed by atoms with Crippen molar-refractivity contribution in [3.8, 4) is 0 Å². The van der Waals surface area contributed by atoms with Crippen molar-refractivity contribution in [2.75, 3.05) is 6.54 Å². The summed E-state index contributed by atoms with van der Waals surface area (Å²) in [5, 5.41) is 13.4. The molecule has 0 saturated heterocycles. The van der Waals surface area contributed by atoms with Gasteiger partial charge in [0.25, 0.3) is 5.91 Å². The molecule has 1 aromatic heterocycles. The number of nitrogens with one attached hydrogen (secondary N) is 1. The van der Waals surface area contributed by atoms with Gasteiger partial charge in [-0.05, 0) is 12.1 Å². The normalized spacial score (nSPS) is 12.2. The Hall–Kier alpha value is -1.56. The van der Waals surface area contributed by atoms with Crippen LogP contribution >= 0.6 is 23.2 Å². The van der Waals surface area contributed by atoms with Crippen molar-refractivity contribution in [2.45, 2.75) is 19.4 Å². The standard InChI is InChI=1S/C14H14Cl2N2O3/c1-2-11-13(18-7-21-11)14(20)17-6-10(19)12-8(15)4-3-5-9(12)16/h3-5,7,10,19H,2,6H2,1H3,(H,17,20)/t10-/m1/s1. The molecule has 5 nitrogen and oxygen atoms in total. The van der Waals surface area contributed by atoms with Gasteiger partial charge in [0.15, 0.2) is 12.1 Å². The van der Waals surface area contributed by atoms with Crippen LogP contribution < -0.4 is 5.32 Å². The zero-order valence-corrected chi connectivity index (χ0v) is 12.8. The molecule has 0 spiro atoms. The maximum Gasteiger partial charge on any atom is 0.273 e. The zero-order chi connectivity index (χ0) is 15.4. The minimum absolute atomic E-state index is 0.0295. The largest absolute Gasteiger partial charge is 0.448 e. The Morgan fingerprint density at radius 1 is 1.43 bits per heavy atom. The first-order valence-electron chi connectivity index (χ1n) is 6.37. The van der Waals surface area contributed by atoms with Gasteiger partial charge in [-0.25, -0.2) is 4.98 Å². The van der Waals surface area contributed by atoms with E-state index < -0.39 is 12.0 Å². The number of amides is 1. The van der Waals surface area contributed by atoms with Crippen LogP contribution in [0.4, 0.5) is 0 Å². The molecular weight excluding hydrogens is 315 g/mol. The number of oxazole rings is 1. The lowest BCUT2D eigenvalue weighted by molar-refractivity contribution is 0.0910. The van der Waals surface area contributed by atoms with Crippen LogP contribution in [-0.2, 0) is 6.42 Å². The summed E-state index contributed by atoms with van der Waals surface area (Å²) in [5.74, 6) is 0.0839. The predicted octanol–water partition coefficient (Wildman–Crippen LogP) is 3.01. The molecule has 7 heteroatoms. The van der Waals surface area contributed by atoms with E-state index in [0.717, 1.165) is 0 Å². The minimum atomic E-state index is -1.01. The Labute approximate surface area is 131 Å². The van der Waals surface area contributed by atoms with Crippen LogP contribution in [0.3, 0.4) is 0 Å². The Morgan fingerprint density at radius 3 is 2.71 bits per heavy atom. The number of aliphatic hydroxyl groups is 1. The van der Waals surface area contributed by atoms with Gasteiger partial charge < -0.3 is 14.8 Å². The number of hydrogen-bond donors (Lipinski definition) is 2. The highest BCUT2D eigenvalue weighted by Crippen LogP contribution is 2.29. The van der Waals surface area contributed by atoms with Gasteiger partial charge in [-0.2, -0.15) is 0 Å². The molecule has 21 heavy (non-hydrogen) atoms. The third-order valence-electron chi connectivity index (χ3n) is 2.97. The van der Waals surface area contributed by atoms with E-state index in [1.54, 1.807) is 18.2 Å². The van der Waals surface area contributed by atoms with Crippen LogP contribution in [0.5, 0.6) is 0 Å². The van der Waals surface area contributed by atoms with Crippen LogP contribution in [-0.4, -0.2) is 22.5 Å². The van der Waals surface area contributed by atoms with Crippen molar-refractivity contribution in [3.63, 3.8) is 0 Å². The first-order chi connectivity index (χ1) is 10.0. The molecule has 2 rings (SSSR count). The molecule has 1 atom stereocenters. The third-order valence-corrected chi connectivity index (χ3v) is 3.63. The summed E-state index contributed by atoms with van der Waals surface area (Å²) in [6.45, 7) is 1.83. The van der Waals surface area contributed by atoms with Crippen LogP contribution in [0, 0.1) is 0 Å². The van der Waals surface area contributed by atoms with Crippen LogP contribution in [0.25, 0.3) is 0 Å². The number of halogens is 2. The highest BCUT2D eigenvalue weighted by molar-refractivity contribution is 6.36. The molecular formula is C14H14Cl2N2O3. The Kier molecular flexibility index (Phi) is 5.22. The summed E-state index contributed by atoms with van der Waals surface area (Å²) in [6.07, 6.45) is 0.767. The van der Waals surface area contributed by atoms with Gasteiger partial charge >= 0.3 is 0 Å². The van der Waals surface area contributed by atoms with E-state index in [1.165, 1.54) is 6.39 Å². The van der Waals surface area contributed by atoms with Crippen molar-refractivity contribution < 1.29 is 14.3 Å². The second-order valence-electron chi connectivity index (χ2n) is 4.34. The number of carbonyl (C=O) groups is 1. The highest BCUT2D eigenvalue weighted by atomic mass is 35.5. The molecule has 0 radical (unpaired) electrons. The molecule has 0 bridgehead atoms. The Bertz CT molecular complexity index is 623. The predicted molar refractivity (Wildman–Crippen MR) is 79.6 cm³/mol. The molecule has 112 valence electrons. The first-order valence-corrected chi connectivity index (χ1v) is 7.12. The highest BCUT2D eigenvalue weighted by Gasteiger charge is 2.19. The van der Waals surface area contributed by atoms with Gasteiger partial charge in [0.2, 0.25) is 0 Å². The number of aryl methyl sites for hydroxylation is 1. The molecule has 0 aliphatic rings. The van der Waals surface area contributed by atoms with Gasteiger partial charge in [0.1, 0.15) is 5.76 Å². The van der Waals surface area contributed by atoms with Crippen LogP contribution in [0.1, 0.15) is 34.8 Å². The monoisotopic (exact) mass is 328 g/mol. The summed E-state index contributed by atoms with van der Waals surface area (Å²) in [4.78, 5) is 15.8. The van der Waals surface area contributed by atoms with Crippen LogP contribution in [0.2, 0.25) is 10.0 Å². The fourth-order valence-corrected chi connectivity index (χ4v) is 2.56. The summed E-state index contributed by atoms with van der Waals surface area (Å²) >= 11 is 12.0. The number of carbonyl (C=O) groups excluding carboxylic acids is 1. The van der Waals surface area contributed by atoms with E-state index in [4.69, 9.17) is 27.6 Å². The average Bonchev–Trinajstić information content (AvgIpc) is 2.93. The van der Waals surface area contributed by atoms with E-state index in [-0.39, 0.29) is 12.2 Å². The molecule has 1 amide bonds. The summed E-state index contributed by atoms with van der Waals surface area (Å²) < 4.78 is 5.09. The minimum Gasteiger partial charge on any atom is -0.448 e. The number of hydrogen-bond acceptors (Lipinski definition) is 4. The summed E-state index contributed by atoms with van der Waals surface area (Å²) in [5.41, 5.74) is 0.604. The molecule has 0 unspecified atom stereocenters. The Morgan fingerprint density at radius 2 is 2.10 bits per heavy atom. The average molecular weight is 329 g/mol. The fourth-order valence-electron chi connectivity index (χ4n) is 1.91. The lowest BCUT2D eigenvalue weighted by atomic mass is 10.1. The van der Waals surface area contributed by atoms with E-state index in [1.807, 2.05) is 6.92 Å². The first kappa shape index (κ1) is 15.8. The second-order valence-corrected chi connectivity index (χ2v) is 5.15. The van der Waals surface area contributed by atoms with Gasteiger partial charge in [-0.3, -0.25) is 4.79 Å². The van der Waals surface area contributed by atoms with Crippen molar-refractivity contribution in [3.05, 3.63) is 51.7 Å². The number of aliphatic hydroxyl groups excluding tert-OH is 1. The summed E-state index contributed by atoms with van der Waals surface area (Å²) in [7, 11) is 0. The fraction of sp³-hybridized carbons (Fsp3) is 0.286. The number of benzene rings is 1. The van der Waals surface area contributed by atoms with Crippen molar-refractivity contribution in [1.29, 1.82) is 0 Å². The van der Waals surface area contributed by atoms with Gasteiger partial charge in [0.05, 0.1) is 6.10 Å². The Balaban J connectivity index is 2.04. The van der Waals surface area contributed by atoms with Crippen molar-refractivity contribution in [1.82, 2.24) is 10.3 Å². The lowest BCUT2D eigenvalue weighted by Gasteiger charge is -2.15. The van der Waals surface area contributed by atoms with Crippen molar-refractivity contribution in [2.24, 2.45) is 0 Å². The van der Waals surface area contributed by atoms with E-state index in [9.17, 15) is 9.90 Å². The zero-order valence-electron chi connectivity index (χ0n) is 11.3. The molecule has 1 heterocycles. The van der Waals surface area contributed by atoms with Gasteiger partial charge in [-0.1, -0.05) is 36.2 Å². The number of rotatable bonds is 5. The van der Waals surface area contributed by atoms with Gasteiger partial charge in [0, 0.05) is 28.6 Å². The maximum atomic E-state index is 12.0. The van der Waals surface area contributed by atoms with E-state index in [0.29, 0.717) is 27.8 Å². The van der Waals surface area contributed by atoms with E-state index >= 15 is 0 Å². The maximum absolute atomic E-state index is 12.0. The molecule has 0 aliphatic carbocycles. The van der Waals surface area contributed by atoms with Crippen molar-refractivity contribution >= 4 is 29.1 Å². The number of nitrogens with zero attached hydrogens (tertiary/aromatic N) is 1. The molecule has 0 fully saturated rings. The molecule has 2 aromatic rings. The smallest absolute Gasteiger partial charge is 0.273 e. The third kappa shape index (κ3) is 3.56. The van der Waals surface area contributed by atoms with E-state index in [2.05, 4.69) is 10.3 Å². The SMILES string of the molecule is CCc1ocnc1C(=O)NC[C@@H](O)c1c(Cl)cccc1Cl. The summed E-state index contributed by atoms with van der Waals surface area (Å²) in [6, 6.07) is 4.93. The molecule has 1 aromatic carbocycles. The molecule has 0 aliphatic heterocycles.